The van der Waals surface area contributed by atoms with Crippen LogP contribution in [-0.4, -0.2) is 110 Å². The Morgan fingerprint density at radius 1 is 1.02 bits per heavy atom. The molecule has 16 nitrogen and oxygen atoms in total. The Bertz CT molecular complexity index is 2750. The second-order valence-corrected chi connectivity index (χ2v) is 19.0. The van der Waals surface area contributed by atoms with Crippen LogP contribution in [0.1, 0.15) is 86.1 Å². The number of hydrogen-bond acceptors (Lipinski definition) is 14. The first-order chi connectivity index (χ1) is 32.0. The van der Waals surface area contributed by atoms with E-state index in [1.54, 1.807) is 47.9 Å². The molecule has 0 radical (unpaired) electrons. The van der Waals surface area contributed by atoms with E-state index >= 15 is 0 Å². The molecule has 10 rings (SSSR count). The number of hydrogen-bond donors (Lipinski definition) is 3. The van der Waals surface area contributed by atoms with Gasteiger partial charge in [-0.15, -0.1) is 5.11 Å². The van der Waals surface area contributed by atoms with Crippen LogP contribution in [0.3, 0.4) is 0 Å². The van der Waals surface area contributed by atoms with Gasteiger partial charge in [-0.3, -0.25) is 14.5 Å². The van der Waals surface area contributed by atoms with Crippen molar-refractivity contribution in [3.8, 4) is 29.0 Å². The van der Waals surface area contributed by atoms with Crippen molar-refractivity contribution < 1.29 is 29.3 Å². The predicted octanol–water partition coefficient (Wildman–Crippen LogP) is 5.71. The van der Waals surface area contributed by atoms with E-state index in [0.717, 1.165) is 107 Å². The average molecular weight is 916 g/mol. The van der Waals surface area contributed by atoms with Crippen LogP contribution in [0.15, 0.2) is 69.4 Å². The van der Waals surface area contributed by atoms with Gasteiger partial charge in [-0.1, -0.05) is 18.5 Å². The summed E-state index contributed by atoms with van der Waals surface area (Å²) in [5, 5.41) is 44.9. The summed E-state index contributed by atoms with van der Waals surface area (Å²) in [5.41, 5.74) is 2.37. The largest absolute Gasteiger partial charge is 0.508 e. The Hall–Kier alpha value is -5.86. The molecule has 1 aliphatic carbocycles. The number of pyridine rings is 2. The molecule has 0 bridgehead atoms. The first kappa shape index (κ1) is 44.0. The predicted molar refractivity (Wildman–Crippen MR) is 245 cm³/mol. The number of ether oxygens (including phenoxy) is 2. The molecule has 6 aliphatic rings. The number of nitrogens with one attached hydrogen (secondary N) is 1. The number of aromatic hydroxyl groups is 1. The van der Waals surface area contributed by atoms with Crippen LogP contribution in [0.5, 0.6) is 11.5 Å². The highest BCUT2D eigenvalue weighted by Crippen LogP contribution is 2.40. The van der Waals surface area contributed by atoms with Gasteiger partial charge in [0.25, 0.3) is 5.56 Å². The van der Waals surface area contributed by atoms with Crippen molar-refractivity contribution in [3.05, 3.63) is 97.6 Å². The zero-order valence-corrected chi connectivity index (χ0v) is 37.8. The lowest BCUT2D eigenvalue weighted by molar-refractivity contribution is -0.172. The summed E-state index contributed by atoms with van der Waals surface area (Å²) in [6.07, 6.45) is 8.07. The van der Waals surface area contributed by atoms with Crippen molar-refractivity contribution in [2.45, 2.75) is 102 Å². The maximum Gasteiger partial charge on any atom is 0.343 e. The van der Waals surface area contributed by atoms with Crippen molar-refractivity contribution >= 4 is 34.4 Å². The molecule has 4 aromatic rings. The molecule has 3 fully saturated rings. The van der Waals surface area contributed by atoms with Gasteiger partial charge in [0.2, 0.25) is 5.91 Å². The van der Waals surface area contributed by atoms with Gasteiger partial charge in [0.15, 0.2) is 11.6 Å². The summed E-state index contributed by atoms with van der Waals surface area (Å²) in [6.45, 7) is 8.84. The monoisotopic (exact) mass is 915 g/mol. The third-order valence-corrected chi connectivity index (χ3v) is 14.9. The zero-order valence-electron chi connectivity index (χ0n) is 37.0. The molecule has 17 heteroatoms. The van der Waals surface area contributed by atoms with Crippen molar-refractivity contribution in [1.82, 2.24) is 29.6 Å². The smallest absolute Gasteiger partial charge is 0.343 e. The van der Waals surface area contributed by atoms with Gasteiger partial charge in [-0.25, -0.2) is 9.78 Å². The number of nitriles is 1. The van der Waals surface area contributed by atoms with Crippen LogP contribution < -0.4 is 15.6 Å². The van der Waals surface area contributed by atoms with Crippen LogP contribution in [-0.2, 0) is 39.6 Å². The summed E-state index contributed by atoms with van der Waals surface area (Å²) in [7, 11) is 0. The quantitative estimate of drug-likeness (QED) is 0.145. The van der Waals surface area contributed by atoms with Crippen LogP contribution in [0.4, 0.5) is 0 Å². The molecule has 1 amide bonds. The number of fused-ring (bicyclic) bond motifs is 5. The Balaban J connectivity index is 0.676. The number of carbonyl (C=O) groups is 2. The van der Waals surface area contributed by atoms with Crippen molar-refractivity contribution in [3.63, 3.8) is 0 Å². The van der Waals surface area contributed by atoms with E-state index < -0.39 is 17.6 Å². The first-order valence-corrected chi connectivity index (χ1v) is 23.6. The molecule has 66 heavy (non-hydrogen) atoms. The Kier molecular flexibility index (Phi) is 12.1. The highest BCUT2D eigenvalue weighted by atomic mass is 35.5. The number of halogens is 1. The number of nitrogens with zero attached hydrogens (tertiary/aromatic N) is 8. The number of rotatable bonds is 10. The number of piperidine rings is 1. The lowest BCUT2D eigenvalue weighted by Gasteiger charge is -2.39. The second kappa shape index (κ2) is 18.1. The van der Waals surface area contributed by atoms with Gasteiger partial charge in [0.1, 0.15) is 30.0 Å². The number of piperazine rings is 1. The van der Waals surface area contributed by atoms with E-state index in [9.17, 15) is 24.6 Å². The third-order valence-electron chi connectivity index (χ3n) is 14.6. The van der Waals surface area contributed by atoms with Gasteiger partial charge >= 0.3 is 5.97 Å². The molecule has 7 heterocycles. The van der Waals surface area contributed by atoms with Gasteiger partial charge in [-0.05, 0) is 93.3 Å². The number of benzene rings is 2. The highest BCUT2D eigenvalue weighted by molar-refractivity contribution is 6.31. The molecule has 0 spiro atoms. The van der Waals surface area contributed by atoms with Gasteiger partial charge < -0.3 is 39.4 Å². The summed E-state index contributed by atoms with van der Waals surface area (Å²) in [5.74, 6) is 1.47. The molecule has 2 aromatic heterocycles. The number of azo groups is 1. The molecular weight excluding hydrogens is 862 g/mol. The van der Waals surface area contributed by atoms with Gasteiger partial charge in [0, 0.05) is 93.0 Å². The van der Waals surface area contributed by atoms with Crippen molar-refractivity contribution in [2.75, 3.05) is 45.8 Å². The molecule has 5 aliphatic heterocycles. The fourth-order valence-corrected chi connectivity index (χ4v) is 10.8. The Morgan fingerprint density at radius 3 is 2.50 bits per heavy atom. The van der Waals surface area contributed by atoms with E-state index in [1.807, 2.05) is 6.07 Å². The lowest BCUT2D eigenvalue weighted by atomic mass is 9.86. The number of likely N-dealkylation sites (tertiary alicyclic amines) is 1. The molecule has 344 valence electrons. The van der Waals surface area contributed by atoms with E-state index in [1.165, 1.54) is 0 Å². The first-order valence-electron chi connectivity index (χ1n) is 23.3. The molecule has 2 atom stereocenters. The van der Waals surface area contributed by atoms with Crippen molar-refractivity contribution in [1.29, 1.82) is 5.26 Å². The minimum absolute atomic E-state index is 0.0325. The van der Waals surface area contributed by atoms with Gasteiger partial charge in [-0.2, -0.15) is 10.4 Å². The molecule has 2 saturated heterocycles. The van der Waals surface area contributed by atoms with E-state index in [4.69, 9.17) is 31.3 Å². The lowest BCUT2D eigenvalue weighted by Crippen LogP contribution is -2.48. The summed E-state index contributed by atoms with van der Waals surface area (Å²) < 4.78 is 13.0. The third kappa shape index (κ3) is 8.42. The number of phenolic OH excluding ortho intramolecular Hbond substituents is 1. The normalized spacial score (nSPS) is 24.5. The van der Waals surface area contributed by atoms with E-state index in [2.05, 4.69) is 42.4 Å². The summed E-state index contributed by atoms with van der Waals surface area (Å²) in [6, 6.07) is 14.0. The number of carbonyl (C=O) groups excluding carboxylic acids is 2. The molecule has 1 unspecified atom stereocenters. The Morgan fingerprint density at radius 2 is 1.79 bits per heavy atom. The maximum absolute atomic E-state index is 13.7. The van der Waals surface area contributed by atoms with Crippen LogP contribution in [0.2, 0.25) is 5.02 Å². The number of esters is 1. The topological polar surface area (TPSA) is 198 Å². The van der Waals surface area contributed by atoms with Gasteiger partial charge in [0.05, 0.1) is 45.7 Å². The average Bonchev–Trinajstić information content (AvgIpc) is 3.70. The number of aromatic nitrogens is 2. The minimum Gasteiger partial charge on any atom is -0.508 e. The SMILES string of the molecule is CC[C@@]1(O)C(=O)OCc2c1cc1n(c2=O)Cc2cc3c(CN4CCN(CC5CCN(C6=CCC(C(=O)N[C@H]7CC[C@H](Oc8ccc(C#N)c(Cl)c8)CC7)N=N6)CC5)CC4)c(O)ccc3nc2-1. The van der Waals surface area contributed by atoms with E-state index in [-0.39, 0.29) is 53.5 Å². The summed E-state index contributed by atoms with van der Waals surface area (Å²) in [4.78, 5) is 51.6. The minimum atomic E-state index is -1.88. The van der Waals surface area contributed by atoms with Crippen molar-refractivity contribution in [2.24, 2.45) is 16.1 Å². The molecule has 2 aromatic carbocycles. The summed E-state index contributed by atoms with van der Waals surface area (Å²) >= 11 is 6.17. The van der Waals surface area contributed by atoms with Crippen LogP contribution >= 0.6 is 11.6 Å². The van der Waals surface area contributed by atoms with Crippen LogP contribution in [0.25, 0.3) is 22.3 Å². The zero-order chi connectivity index (χ0) is 45.7. The Labute approximate surface area is 387 Å². The standard InChI is InChI=1S/C49H54ClN9O7/c1-2-49(64)38-23-42-45-31(26-59(42)47(62)37(38)28-65-48(49)63)21-35-36(43(60)11-9-40(35)53-45)27-57-19-17-56(18-20-57)25-29-13-15-58(16-14-29)44-12-10-41(54-55-44)46(61)52-32-4-7-33(8-5-32)66-34-6-3-30(24-51)39(50)22-34/h3,6,9,11-12,21-23,29,32-33,41,60,64H,2,4-5,7-8,10,13-20,25-28H2,1H3,(H,52,61)/t32-,33-,41?,49-/m0/s1. The second-order valence-electron chi connectivity index (χ2n) is 18.6. The number of aliphatic hydroxyl groups is 1. The van der Waals surface area contributed by atoms with Crippen LogP contribution in [0, 0.1) is 17.2 Å². The number of phenols is 1. The molecule has 3 N–H and O–H groups in total. The van der Waals surface area contributed by atoms with E-state index in [0.29, 0.717) is 58.7 Å². The number of amides is 1. The molecular formula is C49H54ClN9O7. The highest BCUT2D eigenvalue weighted by Gasteiger charge is 2.45. The molecule has 1 saturated carbocycles. The fraction of sp³-hybridized carbons (Fsp3) is 0.490. The number of cyclic esters (lactones) is 1. The maximum atomic E-state index is 13.7. The fourth-order valence-electron chi connectivity index (χ4n) is 10.6.